The van der Waals surface area contributed by atoms with Crippen LogP contribution in [0.25, 0.3) is 0 Å². The molecule has 0 spiro atoms. The van der Waals surface area contributed by atoms with Crippen molar-refractivity contribution in [3.63, 3.8) is 0 Å². The standard InChI is InChI=1S/C12H16O2/c1-3-12(10(2)13)14-9-11-7-5-4-6-8-11/h4-8,12H,3,9H2,1-2H3/t12-/m1/s1. The van der Waals surface area contributed by atoms with Gasteiger partial charge in [0.1, 0.15) is 6.10 Å². The molecule has 0 bridgehead atoms. The van der Waals surface area contributed by atoms with Crippen molar-refractivity contribution < 1.29 is 9.53 Å². The van der Waals surface area contributed by atoms with Crippen molar-refractivity contribution in [2.45, 2.75) is 33.0 Å². The van der Waals surface area contributed by atoms with Crippen molar-refractivity contribution >= 4 is 5.78 Å². The van der Waals surface area contributed by atoms with Crippen molar-refractivity contribution in [1.82, 2.24) is 0 Å². The largest absolute Gasteiger partial charge is 0.366 e. The van der Waals surface area contributed by atoms with Gasteiger partial charge in [-0.25, -0.2) is 0 Å². The van der Waals surface area contributed by atoms with Crippen LogP contribution in [0.4, 0.5) is 0 Å². The summed E-state index contributed by atoms with van der Waals surface area (Å²) >= 11 is 0. The first kappa shape index (κ1) is 10.9. The summed E-state index contributed by atoms with van der Waals surface area (Å²) in [5.74, 6) is 0.100. The lowest BCUT2D eigenvalue weighted by Gasteiger charge is -2.12. The smallest absolute Gasteiger partial charge is 0.158 e. The van der Waals surface area contributed by atoms with E-state index >= 15 is 0 Å². The zero-order valence-corrected chi connectivity index (χ0v) is 8.69. The van der Waals surface area contributed by atoms with E-state index in [1.165, 1.54) is 0 Å². The van der Waals surface area contributed by atoms with E-state index in [1.54, 1.807) is 6.92 Å². The maximum Gasteiger partial charge on any atom is 0.158 e. The van der Waals surface area contributed by atoms with Gasteiger partial charge in [0, 0.05) is 0 Å². The first-order chi connectivity index (χ1) is 6.74. The minimum atomic E-state index is -0.254. The number of hydrogen-bond acceptors (Lipinski definition) is 2. The quantitative estimate of drug-likeness (QED) is 0.716. The third-order valence-electron chi connectivity index (χ3n) is 2.12. The maximum absolute atomic E-state index is 11.1. The Bertz CT molecular complexity index is 280. The molecule has 0 unspecified atom stereocenters. The molecular weight excluding hydrogens is 176 g/mol. The Hall–Kier alpha value is -1.15. The topological polar surface area (TPSA) is 26.3 Å². The van der Waals surface area contributed by atoms with Gasteiger partial charge in [-0.3, -0.25) is 4.79 Å². The second-order valence-electron chi connectivity index (χ2n) is 3.30. The molecule has 1 rings (SSSR count). The Morgan fingerprint density at radius 1 is 1.36 bits per heavy atom. The highest BCUT2D eigenvalue weighted by atomic mass is 16.5. The van der Waals surface area contributed by atoms with Crippen molar-refractivity contribution in [3.8, 4) is 0 Å². The Kier molecular flexibility index (Phi) is 4.33. The fourth-order valence-corrected chi connectivity index (χ4v) is 1.29. The molecule has 0 heterocycles. The summed E-state index contributed by atoms with van der Waals surface area (Å²) in [6.45, 7) is 4.04. The lowest BCUT2D eigenvalue weighted by molar-refractivity contribution is -0.129. The Morgan fingerprint density at radius 2 is 2.00 bits per heavy atom. The summed E-state index contributed by atoms with van der Waals surface area (Å²) in [5.41, 5.74) is 1.10. The minimum Gasteiger partial charge on any atom is -0.366 e. The first-order valence-electron chi connectivity index (χ1n) is 4.90. The van der Waals surface area contributed by atoms with Gasteiger partial charge < -0.3 is 4.74 Å². The summed E-state index contributed by atoms with van der Waals surface area (Å²) < 4.78 is 5.49. The van der Waals surface area contributed by atoms with E-state index < -0.39 is 0 Å². The molecule has 0 saturated carbocycles. The first-order valence-corrected chi connectivity index (χ1v) is 4.90. The molecule has 0 fully saturated rings. The van der Waals surface area contributed by atoms with Crippen molar-refractivity contribution in [3.05, 3.63) is 35.9 Å². The molecule has 0 aliphatic heterocycles. The van der Waals surface area contributed by atoms with E-state index in [0.717, 1.165) is 12.0 Å². The molecular formula is C12H16O2. The van der Waals surface area contributed by atoms with Crippen LogP contribution in [0.1, 0.15) is 25.8 Å². The molecule has 2 nitrogen and oxygen atoms in total. The fourth-order valence-electron chi connectivity index (χ4n) is 1.29. The van der Waals surface area contributed by atoms with Crippen LogP contribution in [0.3, 0.4) is 0 Å². The average molecular weight is 192 g/mol. The number of Topliss-reactive ketones (excluding diaryl/α,β-unsaturated/α-hetero) is 1. The van der Waals surface area contributed by atoms with Crippen LogP contribution in [0.2, 0.25) is 0 Å². The predicted molar refractivity (Wildman–Crippen MR) is 56.0 cm³/mol. The number of ketones is 1. The summed E-state index contributed by atoms with van der Waals surface area (Å²) in [7, 11) is 0. The number of ether oxygens (including phenoxy) is 1. The Balaban J connectivity index is 2.44. The zero-order chi connectivity index (χ0) is 10.4. The molecule has 0 saturated heterocycles. The second kappa shape index (κ2) is 5.55. The SMILES string of the molecule is CC[C@@H](OCc1ccccc1)C(C)=O. The highest BCUT2D eigenvalue weighted by Gasteiger charge is 2.11. The van der Waals surface area contributed by atoms with Crippen molar-refractivity contribution in [2.75, 3.05) is 0 Å². The van der Waals surface area contributed by atoms with Crippen molar-refractivity contribution in [1.29, 1.82) is 0 Å². The monoisotopic (exact) mass is 192 g/mol. The highest BCUT2D eigenvalue weighted by molar-refractivity contribution is 5.80. The molecule has 0 aromatic heterocycles. The van der Waals surface area contributed by atoms with E-state index in [0.29, 0.717) is 6.61 Å². The van der Waals surface area contributed by atoms with Crippen LogP contribution in [-0.2, 0) is 16.1 Å². The highest BCUT2D eigenvalue weighted by Crippen LogP contribution is 2.06. The number of carbonyl (C=O) groups excluding carboxylic acids is 1. The molecule has 0 amide bonds. The summed E-state index contributed by atoms with van der Waals surface area (Å²) in [6, 6.07) is 9.88. The van der Waals surface area contributed by atoms with Gasteiger partial charge in [-0.05, 0) is 18.9 Å². The Labute approximate surface area is 84.9 Å². The third-order valence-corrected chi connectivity index (χ3v) is 2.12. The molecule has 1 atom stereocenters. The lowest BCUT2D eigenvalue weighted by atomic mass is 10.2. The zero-order valence-electron chi connectivity index (χ0n) is 8.69. The van der Waals surface area contributed by atoms with Gasteiger partial charge in [0.25, 0.3) is 0 Å². The number of hydrogen-bond donors (Lipinski definition) is 0. The van der Waals surface area contributed by atoms with E-state index in [4.69, 9.17) is 4.74 Å². The van der Waals surface area contributed by atoms with Gasteiger partial charge >= 0.3 is 0 Å². The molecule has 1 aromatic carbocycles. The van der Waals surface area contributed by atoms with E-state index in [-0.39, 0.29) is 11.9 Å². The number of rotatable bonds is 5. The van der Waals surface area contributed by atoms with Crippen LogP contribution >= 0.6 is 0 Å². The van der Waals surface area contributed by atoms with E-state index in [1.807, 2.05) is 37.3 Å². The van der Waals surface area contributed by atoms with Gasteiger partial charge in [0.2, 0.25) is 0 Å². The molecule has 76 valence electrons. The maximum atomic E-state index is 11.1. The van der Waals surface area contributed by atoms with Gasteiger partial charge in [-0.2, -0.15) is 0 Å². The molecule has 0 aliphatic carbocycles. The molecule has 0 N–H and O–H groups in total. The van der Waals surface area contributed by atoms with Gasteiger partial charge in [-0.15, -0.1) is 0 Å². The number of carbonyl (C=O) groups is 1. The second-order valence-corrected chi connectivity index (χ2v) is 3.30. The van der Waals surface area contributed by atoms with E-state index in [9.17, 15) is 4.79 Å². The Morgan fingerprint density at radius 3 is 2.50 bits per heavy atom. The van der Waals surface area contributed by atoms with Crippen LogP contribution in [-0.4, -0.2) is 11.9 Å². The summed E-state index contributed by atoms with van der Waals surface area (Å²) in [6.07, 6.45) is 0.484. The molecule has 14 heavy (non-hydrogen) atoms. The van der Waals surface area contributed by atoms with Gasteiger partial charge in [0.05, 0.1) is 6.61 Å². The fraction of sp³-hybridized carbons (Fsp3) is 0.417. The predicted octanol–water partition coefficient (Wildman–Crippen LogP) is 2.57. The van der Waals surface area contributed by atoms with Crippen LogP contribution in [0, 0.1) is 0 Å². The summed E-state index contributed by atoms with van der Waals surface area (Å²) in [4.78, 5) is 11.1. The average Bonchev–Trinajstić information content (AvgIpc) is 2.20. The lowest BCUT2D eigenvalue weighted by Crippen LogP contribution is -2.20. The van der Waals surface area contributed by atoms with Crippen LogP contribution in [0.15, 0.2) is 30.3 Å². The van der Waals surface area contributed by atoms with Gasteiger partial charge in [-0.1, -0.05) is 37.3 Å². The van der Waals surface area contributed by atoms with Gasteiger partial charge in [0.15, 0.2) is 5.78 Å². The molecule has 0 radical (unpaired) electrons. The normalized spacial score (nSPS) is 12.4. The van der Waals surface area contributed by atoms with E-state index in [2.05, 4.69) is 0 Å². The third kappa shape index (κ3) is 3.30. The molecule has 0 aliphatic rings. The molecule has 2 heteroatoms. The number of benzene rings is 1. The minimum absolute atomic E-state index is 0.100. The molecule has 1 aromatic rings. The van der Waals surface area contributed by atoms with Crippen molar-refractivity contribution in [2.24, 2.45) is 0 Å². The van der Waals surface area contributed by atoms with Crippen LogP contribution in [0.5, 0.6) is 0 Å². The van der Waals surface area contributed by atoms with Crippen LogP contribution < -0.4 is 0 Å². The summed E-state index contributed by atoms with van der Waals surface area (Å²) in [5, 5.41) is 0.